The Hall–Kier alpha value is -2.80. The van der Waals surface area contributed by atoms with E-state index in [-0.39, 0.29) is 22.9 Å². The van der Waals surface area contributed by atoms with Crippen LogP contribution in [-0.2, 0) is 0 Å². The third kappa shape index (κ3) is 2.88. The molecule has 1 unspecified atom stereocenters. The van der Waals surface area contributed by atoms with Crippen LogP contribution in [0.2, 0.25) is 0 Å². The lowest BCUT2D eigenvalue weighted by Crippen LogP contribution is -2.50. The van der Waals surface area contributed by atoms with Crippen molar-refractivity contribution >= 4 is 11.0 Å². The van der Waals surface area contributed by atoms with E-state index in [1.165, 1.54) is 18.8 Å². The summed E-state index contributed by atoms with van der Waals surface area (Å²) in [6, 6.07) is 8.77. The van der Waals surface area contributed by atoms with Crippen LogP contribution in [0.15, 0.2) is 46.2 Å². The van der Waals surface area contributed by atoms with Crippen LogP contribution in [-0.4, -0.2) is 31.6 Å². The molecule has 7 heteroatoms. The van der Waals surface area contributed by atoms with Gasteiger partial charge in [0.15, 0.2) is 5.69 Å². The Morgan fingerprint density at radius 2 is 1.81 bits per heavy atom. The molecule has 2 saturated heterocycles. The van der Waals surface area contributed by atoms with E-state index in [0.717, 1.165) is 36.7 Å². The number of hydrogen-bond acceptors (Lipinski definition) is 5. The molecule has 2 N–H and O–H groups in total. The van der Waals surface area contributed by atoms with Crippen LogP contribution < -0.4 is 16.4 Å². The molecule has 2 aliphatic heterocycles. The van der Waals surface area contributed by atoms with Gasteiger partial charge in [-0.1, -0.05) is 18.6 Å². The maximum Gasteiger partial charge on any atom is 0.279 e. The predicted molar refractivity (Wildman–Crippen MR) is 103 cm³/mol. The molecule has 3 atom stereocenters. The first-order valence-electron chi connectivity index (χ1n) is 9.51. The number of aromatic amines is 1. The van der Waals surface area contributed by atoms with E-state index < -0.39 is 0 Å². The summed E-state index contributed by atoms with van der Waals surface area (Å²) in [5, 5.41) is 3.69. The Morgan fingerprint density at radius 3 is 2.59 bits per heavy atom. The van der Waals surface area contributed by atoms with Gasteiger partial charge in [-0.3, -0.25) is 14.6 Å². The number of fused-ring (bicyclic) bond motifs is 3. The van der Waals surface area contributed by atoms with Crippen molar-refractivity contribution in [1.82, 2.24) is 24.8 Å². The molecule has 4 heterocycles. The van der Waals surface area contributed by atoms with E-state index in [1.807, 2.05) is 28.8 Å². The van der Waals surface area contributed by atoms with Crippen LogP contribution in [0, 0.1) is 0 Å². The lowest BCUT2D eigenvalue weighted by Gasteiger charge is -2.41. The van der Waals surface area contributed by atoms with Crippen molar-refractivity contribution in [2.24, 2.45) is 0 Å². The highest BCUT2D eigenvalue weighted by Gasteiger charge is 2.33. The highest BCUT2D eigenvalue weighted by atomic mass is 16.1. The van der Waals surface area contributed by atoms with Gasteiger partial charge in [0, 0.05) is 18.1 Å². The lowest BCUT2D eigenvalue weighted by atomic mass is 9.84. The summed E-state index contributed by atoms with van der Waals surface area (Å²) in [4.78, 5) is 36.3. The van der Waals surface area contributed by atoms with Gasteiger partial charge in [0.05, 0.1) is 29.1 Å². The fraction of sp³-hybridized carbons (Fsp3) is 0.400. The Morgan fingerprint density at radius 1 is 1.04 bits per heavy atom. The van der Waals surface area contributed by atoms with Crippen LogP contribution in [0.1, 0.15) is 38.1 Å². The summed E-state index contributed by atoms with van der Waals surface area (Å²) >= 11 is 0. The summed E-state index contributed by atoms with van der Waals surface area (Å²) in [6.45, 7) is 0. The summed E-state index contributed by atoms with van der Waals surface area (Å²) in [7, 11) is 0. The van der Waals surface area contributed by atoms with Crippen molar-refractivity contribution in [3.8, 4) is 11.4 Å². The number of benzene rings is 1. The van der Waals surface area contributed by atoms with E-state index in [0.29, 0.717) is 17.8 Å². The maximum atomic E-state index is 13.4. The summed E-state index contributed by atoms with van der Waals surface area (Å²) in [5.74, 6) is 0. The summed E-state index contributed by atoms with van der Waals surface area (Å²) < 4.78 is 1.90. The largest absolute Gasteiger partial charge is 0.318 e. The smallest absolute Gasteiger partial charge is 0.279 e. The fourth-order valence-corrected chi connectivity index (χ4v) is 4.64. The molecule has 27 heavy (non-hydrogen) atoms. The molecule has 2 aromatic heterocycles. The van der Waals surface area contributed by atoms with Crippen molar-refractivity contribution in [1.29, 1.82) is 0 Å². The zero-order valence-corrected chi connectivity index (χ0v) is 14.9. The van der Waals surface area contributed by atoms with Gasteiger partial charge in [-0.2, -0.15) is 0 Å². The summed E-state index contributed by atoms with van der Waals surface area (Å²) in [6.07, 6.45) is 8.13. The number of H-pyrrole nitrogens is 1. The molecule has 0 amide bonds. The number of hydrogen-bond donors (Lipinski definition) is 2. The predicted octanol–water partition coefficient (Wildman–Crippen LogP) is 1.99. The number of piperidine rings is 2. The van der Waals surface area contributed by atoms with Crippen molar-refractivity contribution < 1.29 is 0 Å². The Balaban J connectivity index is 1.72. The molecule has 138 valence electrons. The van der Waals surface area contributed by atoms with Crippen LogP contribution >= 0.6 is 0 Å². The quantitative estimate of drug-likeness (QED) is 0.726. The van der Waals surface area contributed by atoms with Gasteiger partial charge < -0.3 is 14.9 Å². The minimum absolute atomic E-state index is 0.129. The fourth-order valence-electron chi connectivity index (χ4n) is 4.64. The zero-order valence-electron chi connectivity index (χ0n) is 14.9. The second-order valence-corrected chi connectivity index (χ2v) is 7.55. The second kappa shape index (κ2) is 6.42. The van der Waals surface area contributed by atoms with Gasteiger partial charge in [0.25, 0.3) is 11.1 Å². The minimum atomic E-state index is -0.343. The lowest BCUT2D eigenvalue weighted by molar-refractivity contribution is 0.189. The Labute approximate surface area is 155 Å². The molecule has 0 saturated carbocycles. The maximum absolute atomic E-state index is 13.4. The first-order valence-corrected chi connectivity index (χ1v) is 9.51. The van der Waals surface area contributed by atoms with Crippen LogP contribution in [0.3, 0.4) is 0 Å². The number of nitrogens with one attached hydrogen (secondary N) is 2. The van der Waals surface area contributed by atoms with Crippen LogP contribution in [0.4, 0.5) is 0 Å². The normalized spacial score (nSPS) is 24.8. The van der Waals surface area contributed by atoms with Crippen LogP contribution in [0.5, 0.6) is 0 Å². The molecule has 2 fully saturated rings. The molecule has 0 radical (unpaired) electrons. The number of aromatic nitrogens is 4. The van der Waals surface area contributed by atoms with E-state index in [2.05, 4.69) is 20.3 Å². The van der Waals surface area contributed by atoms with Crippen molar-refractivity contribution in [3.63, 3.8) is 0 Å². The number of rotatable bonds is 2. The zero-order chi connectivity index (χ0) is 18.4. The first-order chi connectivity index (χ1) is 13.2. The molecule has 0 spiro atoms. The molecule has 2 aliphatic rings. The standard InChI is InChI=1S/C20H21N5O2/c26-18-11-21-10-16(23-18)19-20(27)25(17-7-2-1-6-15(17)24-19)14-8-12-4-3-5-13(9-14)22-12/h1-2,6-7,10-14,22H,3-5,8-9H2,(H,23,26)/t12-,13+,14?. The number of para-hydroxylation sites is 2. The molecule has 7 nitrogen and oxygen atoms in total. The first kappa shape index (κ1) is 16.4. The SMILES string of the molecule is O=c1cncc(-c2nc3ccccc3n(C3C[C@H]4CCC[C@@H](C3)N4)c2=O)[nH]1. The van der Waals surface area contributed by atoms with E-state index in [1.54, 1.807) is 0 Å². The Kier molecular flexibility index (Phi) is 3.89. The van der Waals surface area contributed by atoms with Gasteiger partial charge in [0.2, 0.25) is 0 Å². The third-order valence-electron chi connectivity index (χ3n) is 5.76. The minimum Gasteiger partial charge on any atom is -0.318 e. The third-order valence-corrected chi connectivity index (χ3v) is 5.76. The van der Waals surface area contributed by atoms with Gasteiger partial charge in [0.1, 0.15) is 0 Å². The molecule has 5 rings (SSSR count). The van der Waals surface area contributed by atoms with E-state index >= 15 is 0 Å². The monoisotopic (exact) mass is 363 g/mol. The van der Waals surface area contributed by atoms with E-state index in [4.69, 9.17) is 0 Å². The topological polar surface area (TPSA) is 92.7 Å². The highest BCUT2D eigenvalue weighted by molar-refractivity contribution is 5.77. The molecule has 0 aliphatic carbocycles. The van der Waals surface area contributed by atoms with Gasteiger partial charge in [-0.25, -0.2) is 4.98 Å². The molecular weight excluding hydrogens is 342 g/mol. The molecule has 1 aromatic carbocycles. The van der Waals surface area contributed by atoms with Crippen molar-refractivity contribution in [2.45, 2.75) is 50.2 Å². The second-order valence-electron chi connectivity index (χ2n) is 7.55. The van der Waals surface area contributed by atoms with E-state index in [9.17, 15) is 9.59 Å². The van der Waals surface area contributed by atoms with Gasteiger partial charge >= 0.3 is 0 Å². The van der Waals surface area contributed by atoms with Gasteiger partial charge in [-0.15, -0.1) is 0 Å². The number of nitrogens with zero attached hydrogens (tertiary/aromatic N) is 3. The van der Waals surface area contributed by atoms with Crippen molar-refractivity contribution in [2.75, 3.05) is 0 Å². The van der Waals surface area contributed by atoms with Crippen LogP contribution in [0.25, 0.3) is 22.4 Å². The molecule has 2 bridgehead atoms. The highest BCUT2D eigenvalue weighted by Crippen LogP contribution is 2.33. The molecular formula is C20H21N5O2. The average Bonchev–Trinajstić information content (AvgIpc) is 2.67. The summed E-state index contributed by atoms with van der Waals surface area (Å²) in [5.41, 5.74) is 1.71. The van der Waals surface area contributed by atoms with Crippen molar-refractivity contribution in [3.05, 3.63) is 57.4 Å². The average molecular weight is 363 g/mol. The van der Waals surface area contributed by atoms with Gasteiger partial charge in [-0.05, 0) is 37.8 Å². The Bertz CT molecular complexity index is 1110. The molecule has 3 aromatic rings.